The molecule has 144 valence electrons. The third kappa shape index (κ3) is 3.47. The molecule has 6 nitrogen and oxygen atoms in total. The molecule has 7 heteroatoms. The molecule has 28 heavy (non-hydrogen) atoms. The number of likely N-dealkylation sites (tertiary alicyclic amines) is 1. The summed E-state index contributed by atoms with van der Waals surface area (Å²) in [7, 11) is 0. The van der Waals surface area contributed by atoms with E-state index in [1.165, 1.54) is 17.0 Å². The second-order valence-electron chi connectivity index (χ2n) is 7.04. The van der Waals surface area contributed by atoms with Crippen LogP contribution in [0.5, 0.6) is 0 Å². The fourth-order valence-corrected chi connectivity index (χ4v) is 3.71. The molecule has 1 fully saturated rings. The van der Waals surface area contributed by atoms with Gasteiger partial charge in [-0.05, 0) is 42.7 Å². The molecule has 0 unspecified atom stereocenters. The topological polar surface area (TPSA) is 75.4 Å². The molecule has 3 aromatic rings. The van der Waals surface area contributed by atoms with E-state index in [0.717, 1.165) is 16.6 Å². The monoisotopic (exact) mass is 381 g/mol. The number of aromatic nitrogens is 2. The van der Waals surface area contributed by atoms with Crippen molar-refractivity contribution in [3.8, 4) is 0 Å². The summed E-state index contributed by atoms with van der Waals surface area (Å²) in [5, 5.41) is 9.10. The van der Waals surface area contributed by atoms with Crippen LogP contribution in [-0.4, -0.2) is 44.5 Å². The Labute approximate surface area is 161 Å². The molecule has 1 aromatic heterocycles. The van der Waals surface area contributed by atoms with Gasteiger partial charge in [0.15, 0.2) is 5.82 Å². The van der Waals surface area contributed by atoms with Crippen molar-refractivity contribution in [1.82, 2.24) is 14.5 Å². The molecule has 1 aliphatic rings. The number of Topliss-reactive ketones (excluding diaryl/α,β-unsaturated/α-hetero) is 1. The minimum absolute atomic E-state index is 0.0663. The van der Waals surface area contributed by atoms with Gasteiger partial charge in [0.1, 0.15) is 5.82 Å². The second-order valence-corrected chi connectivity index (χ2v) is 7.04. The smallest absolute Gasteiger partial charge is 0.407 e. The van der Waals surface area contributed by atoms with Crippen molar-refractivity contribution in [3.63, 3.8) is 0 Å². The number of carboxylic acid groups (broad SMARTS) is 1. The highest BCUT2D eigenvalue weighted by atomic mass is 19.1. The predicted octanol–water partition coefficient (Wildman–Crippen LogP) is 3.80. The van der Waals surface area contributed by atoms with Gasteiger partial charge in [-0.2, -0.15) is 0 Å². The maximum absolute atomic E-state index is 13.2. The SMILES string of the molecule is O=C(c1nc2ccccc2n1Cc1ccc(F)cc1)C1CCN(C(=O)O)CC1. The molecule has 1 amide bonds. The normalized spacial score (nSPS) is 15.1. The van der Waals surface area contributed by atoms with E-state index in [1.54, 1.807) is 12.1 Å². The highest BCUT2D eigenvalue weighted by Crippen LogP contribution is 2.25. The van der Waals surface area contributed by atoms with Gasteiger partial charge >= 0.3 is 6.09 Å². The number of para-hydroxylation sites is 2. The van der Waals surface area contributed by atoms with Gasteiger partial charge in [0.05, 0.1) is 11.0 Å². The van der Waals surface area contributed by atoms with Crippen LogP contribution < -0.4 is 0 Å². The van der Waals surface area contributed by atoms with Crippen LogP contribution in [0.25, 0.3) is 11.0 Å². The number of piperidine rings is 1. The van der Waals surface area contributed by atoms with Crippen LogP contribution in [0.1, 0.15) is 29.0 Å². The fourth-order valence-electron chi connectivity index (χ4n) is 3.71. The van der Waals surface area contributed by atoms with E-state index in [4.69, 9.17) is 5.11 Å². The Morgan fingerprint density at radius 2 is 1.75 bits per heavy atom. The number of benzene rings is 2. The van der Waals surface area contributed by atoms with Crippen LogP contribution in [0.15, 0.2) is 48.5 Å². The number of rotatable bonds is 4. The van der Waals surface area contributed by atoms with Crippen LogP contribution in [0.3, 0.4) is 0 Å². The van der Waals surface area contributed by atoms with E-state index in [-0.39, 0.29) is 17.5 Å². The third-order valence-electron chi connectivity index (χ3n) is 5.27. The van der Waals surface area contributed by atoms with Gasteiger partial charge in [0.25, 0.3) is 0 Å². The van der Waals surface area contributed by atoms with E-state index in [9.17, 15) is 14.0 Å². The molecular weight excluding hydrogens is 361 g/mol. The quantitative estimate of drug-likeness (QED) is 0.698. The Bertz CT molecular complexity index is 1020. The Morgan fingerprint density at radius 3 is 2.43 bits per heavy atom. The summed E-state index contributed by atoms with van der Waals surface area (Å²) in [5.74, 6) is -0.247. The van der Waals surface area contributed by atoms with Crippen molar-refractivity contribution < 1.29 is 19.1 Å². The third-order valence-corrected chi connectivity index (χ3v) is 5.27. The number of nitrogens with zero attached hydrogens (tertiary/aromatic N) is 3. The molecule has 2 heterocycles. The van der Waals surface area contributed by atoms with Gasteiger partial charge in [-0.15, -0.1) is 0 Å². The van der Waals surface area contributed by atoms with E-state index in [2.05, 4.69) is 4.98 Å². The number of amides is 1. The molecule has 0 spiro atoms. The fraction of sp³-hybridized carbons (Fsp3) is 0.286. The molecule has 0 bridgehead atoms. The minimum Gasteiger partial charge on any atom is -0.465 e. The molecular formula is C21H20FN3O3. The summed E-state index contributed by atoms with van der Waals surface area (Å²) >= 11 is 0. The number of imidazole rings is 1. The number of ketones is 1. The van der Waals surface area contributed by atoms with Crippen LogP contribution in [0.2, 0.25) is 0 Å². The Morgan fingerprint density at radius 1 is 1.07 bits per heavy atom. The molecule has 0 saturated carbocycles. The second kappa shape index (κ2) is 7.42. The highest BCUT2D eigenvalue weighted by Gasteiger charge is 2.30. The molecule has 2 aromatic carbocycles. The van der Waals surface area contributed by atoms with Gasteiger partial charge in [-0.25, -0.2) is 14.2 Å². The van der Waals surface area contributed by atoms with Crippen molar-refractivity contribution in [1.29, 1.82) is 0 Å². The van der Waals surface area contributed by atoms with Crippen molar-refractivity contribution in [2.75, 3.05) is 13.1 Å². The Kier molecular flexibility index (Phi) is 4.81. The molecule has 0 radical (unpaired) electrons. The van der Waals surface area contributed by atoms with Crippen molar-refractivity contribution >= 4 is 22.9 Å². The van der Waals surface area contributed by atoms with E-state index < -0.39 is 6.09 Å². The average Bonchev–Trinajstić information content (AvgIpc) is 3.07. The molecule has 4 rings (SSSR count). The van der Waals surface area contributed by atoms with Crippen LogP contribution in [-0.2, 0) is 6.54 Å². The maximum Gasteiger partial charge on any atom is 0.407 e. The Balaban J connectivity index is 1.65. The van der Waals surface area contributed by atoms with E-state index in [0.29, 0.717) is 38.3 Å². The largest absolute Gasteiger partial charge is 0.465 e. The zero-order chi connectivity index (χ0) is 19.7. The molecule has 1 N–H and O–H groups in total. The standard InChI is InChI=1S/C21H20FN3O3/c22-16-7-5-14(6-8-16)13-25-18-4-2-1-3-17(18)23-20(25)19(26)15-9-11-24(12-10-15)21(27)28/h1-8,15H,9-13H2,(H,27,28). The lowest BCUT2D eigenvalue weighted by Crippen LogP contribution is -2.39. The lowest BCUT2D eigenvalue weighted by molar-refractivity contribution is 0.0808. The van der Waals surface area contributed by atoms with Crippen LogP contribution >= 0.6 is 0 Å². The number of fused-ring (bicyclic) bond motifs is 1. The van der Waals surface area contributed by atoms with Crippen molar-refractivity contribution in [3.05, 3.63) is 65.7 Å². The van der Waals surface area contributed by atoms with Gasteiger partial charge in [0.2, 0.25) is 5.78 Å². The highest BCUT2D eigenvalue weighted by molar-refractivity contribution is 5.98. The van der Waals surface area contributed by atoms with Gasteiger partial charge < -0.3 is 14.6 Å². The van der Waals surface area contributed by atoms with E-state index in [1.807, 2.05) is 28.8 Å². The average molecular weight is 381 g/mol. The number of hydrogen-bond donors (Lipinski definition) is 1. The lowest BCUT2D eigenvalue weighted by atomic mass is 9.92. The first-order valence-electron chi connectivity index (χ1n) is 9.24. The summed E-state index contributed by atoms with van der Waals surface area (Å²) in [6.07, 6.45) is 0.0323. The first-order chi connectivity index (χ1) is 13.5. The molecule has 1 aliphatic heterocycles. The van der Waals surface area contributed by atoms with Gasteiger partial charge in [-0.3, -0.25) is 4.79 Å². The van der Waals surface area contributed by atoms with Crippen LogP contribution in [0.4, 0.5) is 9.18 Å². The first-order valence-corrected chi connectivity index (χ1v) is 9.24. The maximum atomic E-state index is 13.2. The Hall–Kier alpha value is -3.22. The van der Waals surface area contributed by atoms with Crippen molar-refractivity contribution in [2.24, 2.45) is 5.92 Å². The summed E-state index contributed by atoms with van der Waals surface area (Å²) in [6.45, 7) is 1.11. The van der Waals surface area contributed by atoms with Crippen molar-refractivity contribution in [2.45, 2.75) is 19.4 Å². The van der Waals surface area contributed by atoms with Gasteiger partial charge in [-0.1, -0.05) is 24.3 Å². The first kappa shape index (κ1) is 18.2. The predicted molar refractivity (Wildman–Crippen MR) is 102 cm³/mol. The minimum atomic E-state index is -0.950. The summed E-state index contributed by atoms with van der Waals surface area (Å²) < 4.78 is 15.1. The molecule has 0 atom stereocenters. The lowest BCUT2D eigenvalue weighted by Gasteiger charge is -2.29. The number of carbonyl (C=O) groups excluding carboxylic acids is 1. The van der Waals surface area contributed by atoms with Crippen LogP contribution in [0, 0.1) is 11.7 Å². The number of carbonyl (C=O) groups is 2. The van der Waals surface area contributed by atoms with Gasteiger partial charge in [0, 0.05) is 25.6 Å². The molecule has 1 saturated heterocycles. The summed E-state index contributed by atoms with van der Waals surface area (Å²) in [5.41, 5.74) is 2.45. The van der Waals surface area contributed by atoms with E-state index >= 15 is 0 Å². The summed E-state index contributed by atoms with van der Waals surface area (Å²) in [4.78, 5) is 30.2. The number of halogens is 1. The zero-order valence-electron chi connectivity index (χ0n) is 15.2. The molecule has 0 aliphatic carbocycles. The summed E-state index contributed by atoms with van der Waals surface area (Å²) in [6, 6.07) is 13.7. The zero-order valence-corrected chi connectivity index (χ0v) is 15.2. The number of hydrogen-bond acceptors (Lipinski definition) is 3.